The van der Waals surface area contributed by atoms with E-state index in [4.69, 9.17) is 4.74 Å². The molecule has 0 saturated heterocycles. The van der Waals surface area contributed by atoms with Crippen LogP contribution in [-0.4, -0.2) is 30.4 Å². The van der Waals surface area contributed by atoms with Gasteiger partial charge in [0.25, 0.3) is 0 Å². The zero-order chi connectivity index (χ0) is 17.5. The average molecular weight is 325 g/mol. The van der Waals surface area contributed by atoms with Gasteiger partial charge in [0.05, 0.1) is 13.5 Å². The fraction of sp³-hybridized carbons (Fsp3) is 0.300. The Labute approximate surface area is 143 Å². The highest BCUT2D eigenvalue weighted by molar-refractivity contribution is 5.83. The molecule has 0 spiro atoms. The molecule has 0 heterocycles. The zero-order valence-electron chi connectivity index (χ0n) is 14.4. The molecule has 126 valence electrons. The quantitative estimate of drug-likeness (QED) is 0.767. The van der Waals surface area contributed by atoms with Gasteiger partial charge in [0.15, 0.2) is 0 Å². The molecular formula is C20H23NO3. The van der Waals surface area contributed by atoms with Gasteiger partial charge in [-0.3, -0.25) is 9.59 Å². The van der Waals surface area contributed by atoms with Gasteiger partial charge in [-0.25, -0.2) is 0 Å². The minimum Gasteiger partial charge on any atom is -0.468 e. The molecule has 2 rings (SSSR count). The van der Waals surface area contributed by atoms with Crippen LogP contribution in [0.4, 0.5) is 0 Å². The average Bonchev–Trinajstić information content (AvgIpc) is 2.58. The lowest BCUT2D eigenvalue weighted by Gasteiger charge is -2.23. The molecule has 1 amide bonds. The number of hydrogen-bond donors (Lipinski definition) is 0. The van der Waals surface area contributed by atoms with E-state index in [0.29, 0.717) is 6.54 Å². The maximum atomic E-state index is 12.8. The molecule has 0 fully saturated rings. The lowest BCUT2D eigenvalue weighted by Crippen LogP contribution is -2.37. The van der Waals surface area contributed by atoms with Crippen LogP contribution in [0.1, 0.15) is 22.3 Å². The Balaban J connectivity index is 2.19. The van der Waals surface area contributed by atoms with Crippen molar-refractivity contribution >= 4 is 11.9 Å². The van der Waals surface area contributed by atoms with Crippen LogP contribution < -0.4 is 0 Å². The topological polar surface area (TPSA) is 46.6 Å². The second-order valence-electron chi connectivity index (χ2n) is 5.86. The highest BCUT2D eigenvalue weighted by atomic mass is 16.5. The fourth-order valence-corrected chi connectivity index (χ4v) is 2.53. The maximum Gasteiger partial charge on any atom is 0.325 e. The first kappa shape index (κ1) is 17.7. The summed E-state index contributed by atoms with van der Waals surface area (Å²) in [6, 6.07) is 15.7. The zero-order valence-corrected chi connectivity index (χ0v) is 14.4. The van der Waals surface area contributed by atoms with Crippen molar-refractivity contribution in [2.24, 2.45) is 0 Å². The number of rotatable bonds is 6. The number of ether oxygens (including phenoxy) is 1. The summed E-state index contributed by atoms with van der Waals surface area (Å²) in [5.41, 5.74) is 4.16. The molecule has 0 aliphatic heterocycles. The molecular weight excluding hydrogens is 302 g/mol. The number of carbonyl (C=O) groups is 2. The van der Waals surface area contributed by atoms with Crippen LogP contribution in [0, 0.1) is 13.8 Å². The number of carbonyl (C=O) groups excluding carboxylic acids is 2. The predicted octanol–water partition coefficient (Wildman–Crippen LogP) is 3.05. The number of aryl methyl sites for hydroxylation is 2. The van der Waals surface area contributed by atoms with Crippen molar-refractivity contribution in [2.75, 3.05) is 13.7 Å². The van der Waals surface area contributed by atoms with E-state index >= 15 is 0 Å². The van der Waals surface area contributed by atoms with E-state index in [1.807, 2.05) is 62.4 Å². The molecule has 0 unspecified atom stereocenters. The molecule has 0 aliphatic rings. The Morgan fingerprint density at radius 1 is 0.917 bits per heavy atom. The molecule has 24 heavy (non-hydrogen) atoms. The van der Waals surface area contributed by atoms with Crippen LogP contribution in [0.3, 0.4) is 0 Å². The van der Waals surface area contributed by atoms with Gasteiger partial charge in [0.2, 0.25) is 5.91 Å². The van der Waals surface area contributed by atoms with Gasteiger partial charge >= 0.3 is 5.97 Å². The van der Waals surface area contributed by atoms with Gasteiger partial charge in [0, 0.05) is 6.54 Å². The van der Waals surface area contributed by atoms with Crippen molar-refractivity contribution in [3.8, 4) is 0 Å². The van der Waals surface area contributed by atoms with E-state index in [1.54, 1.807) is 4.90 Å². The molecule has 0 aromatic heterocycles. The first-order valence-corrected chi connectivity index (χ1v) is 7.95. The number of hydrogen-bond acceptors (Lipinski definition) is 3. The van der Waals surface area contributed by atoms with E-state index in [2.05, 4.69) is 0 Å². The van der Waals surface area contributed by atoms with Crippen LogP contribution >= 0.6 is 0 Å². The highest BCUT2D eigenvalue weighted by Gasteiger charge is 2.19. The standard InChI is InChI=1S/C20H23NO3/c1-15-8-4-6-10-17(15)12-19(22)21(14-20(23)24-3)13-18-11-7-5-9-16(18)2/h4-11H,12-14H2,1-3H3. The molecule has 0 radical (unpaired) electrons. The fourth-order valence-electron chi connectivity index (χ4n) is 2.53. The van der Waals surface area contributed by atoms with Crippen LogP contribution in [-0.2, 0) is 27.3 Å². The van der Waals surface area contributed by atoms with Gasteiger partial charge in [-0.2, -0.15) is 0 Å². The maximum absolute atomic E-state index is 12.8. The molecule has 0 N–H and O–H groups in total. The monoisotopic (exact) mass is 325 g/mol. The minimum atomic E-state index is -0.415. The normalized spacial score (nSPS) is 10.3. The summed E-state index contributed by atoms with van der Waals surface area (Å²) in [6.07, 6.45) is 0.273. The second-order valence-corrected chi connectivity index (χ2v) is 5.86. The third-order valence-corrected chi connectivity index (χ3v) is 4.13. The van der Waals surface area contributed by atoms with Crippen molar-refractivity contribution in [1.29, 1.82) is 0 Å². The van der Waals surface area contributed by atoms with Gasteiger partial charge < -0.3 is 9.64 Å². The SMILES string of the molecule is COC(=O)CN(Cc1ccccc1C)C(=O)Cc1ccccc1C. The third kappa shape index (κ3) is 4.69. The summed E-state index contributed by atoms with van der Waals surface area (Å²) in [6.45, 7) is 4.33. The Hall–Kier alpha value is -2.62. The van der Waals surface area contributed by atoms with Crippen molar-refractivity contribution in [3.05, 3.63) is 70.8 Å². The lowest BCUT2D eigenvalue weighted by atomic mass is 10.0. The van der Waals surface area contributed by atoms with E-state index in [-0.39, 0.29) is 18.9 Å². The van der Waals surface area contributed by atoms with E-state index < -0.39 is 5.97 Å². The number of nitrogens with zero attached hydrogens (tertiary/aromatic N) is 1. The van der Waals surface area contributed by atoms with E-state index in [1.165, 1.54) is 7.11 Å². The molecule has 2 aromatic carbocycles. The Kier molecular flexibility index (Phi) is 6.13. The predicted molar refractivity (Wildman–Crippen MR) is 93.5 cm³/mol. The summed E-state index contributed by atoms with van der Waals surface area (Å²) in [7, 11) is 1.33. The van der Waals surface area contributed by atoms with Crippen LogP contribution in [0.5, 0.6) is 0 Å². The summed E-state index contributed by atoms with van der Waals surface area (Å²) < 4.78 is 4.74. The van der Waals surface area contributed by atoms with E-state index in [9.17, 15) is 9.59 Å². The molecule has 4 heteroatoms. The molecule has 0 bridgehead atoms. The van der Waals surface area contributed by atoms with Crippen molar-refractivity contribution in [1.82, 2.24) is 4.90 Å². The van der Waals surface area contributed by atoms with Gasteiger partial charge in [-0.15, -0.1) is 0 Å². The Morgan fingerprint density at radius 3 is 2.00 bits per heavy atom. The van der Waals surface area contributed by atoms with Gasteiger partial charge in [-0.05, 0) is 36.1 Å². The third-order valence-electron chi connectivity index (χ3n) is 4.13. The smallest absolute Gasteiger partial charge is 0.325 e. The van der Waals surface area contributed by atoms with E-state index in [0.717, 1.165) is 22.3 Å². The molecule has 0 atom stereocenters. The Bertz CT molecular complexity index is 724. The number of amides is 1. The van der Waals surface area contributed by atoms with Crippen LogP contribution in [0.25, 0.3) is 0 Å². The summed E-state index contributed by atoms with van der Waals surface area (Å²) >= 11 is 0. The molecule has 0 saturated carbocycles. The first-order chi connectivity index (χ1) is 11.5. The number of benzene rings is 2. The van der Waals surface area contributed by atoms with Crippen LogP contribution in [0.15, 0.2) is 48.5 Å². The van der Waals surface area contributed by atoms with Gasteiger partial charge in [0.1, 0.15) is 6.54 Å². The van der Waals surface area contributed by atoms with Crippen LogP contribution in [0.2, 0.25) is 0 Å². The number of methoxy groups -OCH3 is 1. The summed E-state index contributed by atoms with van der Waals surface area (Å²) in [5, 5.41) is 0. The van der Waals surface area contributed by atoms with Crippen molar-refractivity contribution in [3.63, 3.8) is 0 Å². The second kappa shape index (κ2) is 8.29. The lowest BCUT2D eigenvalue weighted by molar-refractivity contribution is -0.147. The number of esters is 1. The minimum absolute atomic E-state index is 0.0461. The summed E-state index contributed by atoms with van der Waals surface area (Å²) in [5.74, 6) is -0.500. The van der Waals surface area contributed by atoms with Crippen molar-refractivity contribution in [2.45, 2.75) is 26.8 Å². The molecule has 0 aliphatic carbocycles. The first-order valence-electron chi connectivity index (χ1n) is 7.95. The van der Waals surface area contributed by atoms with Gasteiger partial charge in [-0.1, -0.05) is 48.5 Å². The Morgan fingerprint density at radius 2 is 1.46 bits per heavy atom. The summed E-state index contributed by atoms with van der Waals surface area (Å²) in [4.78, 5) is 26.0. The molecule has 4 nitrogen and oxygen atoms in total. The molecule has 2 aromatic rings. The highest BCUT2D eigenvalue weighted by Crippen LogP contribution is 2.14. The van der Waals surface area contributed by atoms with Crippen molar-refractivity contribution < 1.29 is 14.3 Å². The largest absolute Gasteiger partial charge is 0.468 e.